The number of rotatable bonds is 3. The standard InChI is InChI=1S/C11H8N2O3S/c1-16-11(15)9-5-13-10(17-9)8-3-2-7(6-14)4-12-8/h2-6H,1H3. The number of aldehydes is 1. The third-order valence-corrected chi connectivity index (χ3v) is 3.03. The molecule has 0 saturated heterocycles. The molecule has 0 fully saturated rings. The number of methoxy groups -OCH3 is 1. The molecule has 0 N–H and O–H groups in total. The second-order valence-corrected chi connectivity index (χ2v) is 4.15. The summed E-state index contributed by atoms with van der Waals surface area (Å²) in [6, 6.07) is 3.33. The van der Waals surface area contributed by atoms with Gasteiger partial charge in [0.05, 0.1) is 19.0 Å². The number of carbonyl (C=O) groups is 2. The van der Waals surface area contributed by atoms with E-state index in [1.807, 2.05) is 0 Å². The van der Waals surface area contributed by atoms with Gasteiger partial charge in [-0.15, -0.1) is 11.3 Å². The van der Waals surface area contributed by atoms with Crippen molar-refractivity contribution in [3.8, 4) is 10.7 Å². The zero-order valence-corrected chi connectivity index (χ0v) is 9.73. The summed E-state index contributed by atoms with van der Waals surface area (Å²) >= 11 is 1.20. The number of aromatic nitrogens is 2. The molecular weight excluding hydrogens is 240 g/mol. The van der Waals surface area contributed by atoms with Crippen LogP contribution in [0.2, 0.25) is 0 Å². The lowest BCUT2D eigenvalue weighted by atomic mass is 10.3. The molecule has 0 aromatic carbocycles. The van der Waals surface area contributed by atoms with E-state index in [-0.39, 0.29) is 0 Å². The number of esters is 1. The maximum atomic E-state index is 11.2. The number of hydrogen-bond acceptors (Lipinski definition) is 6. The van der Waals surface area contributed by atoms with Crippen LogP contribution in [-0.4, -0.2) is 29.3 Å². The molecule has 2 aromatic heterocycles. The first-order valence-electron chi connectivity index (χ1n) is 4.70. The molecule has 2 aromatic rings. The topological polar surface area (TPSA) is 69.2 Å². The number of nitrogens with zero attached hydrogens (tertiary/aromatic N) is 2. The van der Waals surface area contributed by atoms with Crippen molar-refractivity contribution in [2.75, 3.05) is 7.11 Å². The van der Waals surface area contributed by atoms with Gasteiger partial charge in [-0.25, -0.2) is 9.78 Å². The van der Waals surface area contributed by atoms with Gasteiger partial charge in [-0.1, -0.05) is 0 Å². The van der Waals surface area contributed by atoms with Gasteiger partial charge in [0.15, 0.2) is 6.29 Å². The molecule has 86 valence electrons. The zero-order valence-electron chi connectivity index (χ0n) is 8.91. The minimum atomic E-state index is -0.418. The van der Waals surface area contributed by atoms with Crippen molar-refractivity contribution in [3.63, 3.8) is 0 Å². The van der Waals surface area contributed by atoms with Crippen LogP contribution in [-0.2, 0) is 4.74 Å². The van der Waals surface area contributed by atoms with Gasteiger partial charge in [0, 0.05) is 11.8 Å². The summed E-state index contributed by atoms with van der Waals surface area (Å²) in [4.78, 5) is 30.3. The molecule has 2 rings (SSSR count). The van der Waals surface area contributed by atoms with Crippen LogP contribution in [0.25, 0.3) is 10.7 Å². The van der Waals surface area contributed by atoms with Gasteiger partial charge in [0.25, 0.3) is 0 Å². The van der Waals surface area contributed by atoms with E-state index in [9.17, 15) is 9.59 Å². The number of hydrogen-bond donors (Lipinski definition) is 0. The Labute approximate surface area is 101 Å². The molecule has 0 amide bonds. The lowest BCUT2D eigenvalue weighted by Crippen LogP contribution is -1.96. The fourth-order valence-electron chi connectivity index (χ4n) is 1.19. The average molecular weight is 248 g/mol. The molecule has 0 aliphatic carbocycles. The molecule has 0 aliphatic heterocycles. The summed E-state index contributed by atoms with van der Waals surface area (Å²) in [6.45, 7) is 0. The van der Waals surface area contributed by atoms with Crippen molar-refractivity contribution in [1.29, 1.82) is 0 Å². The van der Waals surface area contributed by atoms with Crippen LogP contribution < -0.4 is 0 Å². The van der Waals surface area contributed by atoms with Gasteiger partial charge in [0.2, 0.25) is 0 Å². The lowest BCUT2D eigenvalue weighted by Gasteiger charge is -1.95. The zero-order chi connectivity index (χ0) is 12.3. The molecule has 0 atom stereocenters. The maximum absolute atomic E-state index is 11.2. The highest BCUT2D eigenvalue weighted by Gasteiger charge is 2.12. The van der Waals surface area contributed by atoms with Crippen molar-refractivity contribution in [1.82, 2.24) is 9.97 Å². The van der Waals surface area contributed by atoms with Crippen LogP contribution in [0.4, 0.5) is 0 Å². The van der Waals surface area contributed by atoms with E-state index in [2.05, 4.69) is 14.7 Å². The molecule has 0 radical (unpaired) electrons. The average Bonchev–Trinajstić information content (AvgIpc) is 2.87. The first-order chi connectivity index (χ1) is 8.24. The third kappa shape index (κ3) is 2.36. The molecule has 0 unspecified atom stereocenters. The summed E-state index contributed by atoms with van der Waals surface area (Å²) in [5.41, 5.74) is 1.12. The smallest absolute Gasteiger partial charge is 0.349 e. The summed E-state index contributed by atoms with van der Waals surface area (Å²) in [6.07, 6.45) is 3.63. The van der Waals surface area contributed by atoms with Crippen molar-refractivity contribution in [2.24, 2.45) is 0 Å². The first-order valence-corrected chi connectivity index (χ1v) is 5.52. The Kier molecular flexibility index (Phi) is 3.24. The van der Waals surface area contributed by atoms with E-state index >= 15 is 0 Å². The molecule has 5 nitrogen and oxygen atoms in total. The van der Waals surface area contributed by atoms with E-state index in [0.29, 0.717) is 21.1 Å². The Morgan fingerprint density at radius 3 is 2.76 bits per heavy atom. The van der Waals surface area contributed by atoms with Crippen molar-refractivity contribution in [2.45, 2.75) is 0 Å². The molecule has 0 saturated carbocycles. The van der Waals surface area contributed by atoms with Crippen LogP contribution in [0.15, 0.2) is 24.5 Å². The predicted molar refractivity (Wildman–Crippen MR) is 62.1 cm³/mol. The summed E-state index contributed by atoms with van der Waals surface area (Å²) in [5, 5.41) is 0.614. The number of thiazole rings is 1. The summed E-state index contributed by atoms with van der Waals surface area (Å²) in [5.74, 6) is -0.418. The molecular formula is C11H8N2O3S. The van der Waals surface area contributed by atoms with Crippen molar-refractivity contribution in [3.05, 3.63) is 35.0 Å². The molecule has 6 heteroatoms. The van der Waals surface area contributed by atoms with Gasteiger partial charge in [-0.2, -0.15) is 0 Å². The normalized spacial score (nSPS) is 9.94. The van der Waals surface area contributed by atoms with E-state index < -0.39 is 5.97 Å². The minimum absolute atomic E-state index is 0.418. The maximum Gasteiger partial charge on any atom is 0.349 e. The fraction of sp³-hybridized carbons (Fsp3) is 0.0909. The molecule has 0 spiro atoms. The van der Waals surface area contributed by atoms with Gasteiger partial charge in [0.1, 0.15) is 9.88 Å². The Balaban J connectivity index is 2.30. The van der Waals surface area contributed by atoms with Crippen LogP contribution in [0.5, 0.6) is 0 Å². The Morgan fingerprint density at radius 1 is 1.35 bits per heavy atom. The monoisotopic (exact) mass is 248 g/mol. The van der Waals surface area contributed by atoms with Gasteiger partial charge in [-0.3, -0.25) is 9.78 Å². The highest BCUT2D eigenvalue weighted by Crippen LogP contribution is 2.23. The second kappa shape index (κ2) is 4.84. The van der Waals surface area contributed by atoms with E-state index in [1.54, 1.807) is 12.1 Å². The van der Waals surface area contributed by atoms with E-state index in [4.69, 9.17) is 0 Å². The van der Waals surface area contributed by atoms with E-state index in [0.717, 1.165) is 6.29 Å². The third-order valence-electron chi connectivity index (χ3n) is 2.03. The largest absolute Gasteiger partial charge is 0.465 e. The SMILES string of the molecule is COC(=O)c1cnc(-c2ccc(C=O)cn2)s1. The Morgan fingerprint density at radius 2 is 2.18 bits per heavy atom. The van der Waals surface area contributed by atoms with Crippen LogP contribution in [0.3, 0.4) is 0 Å². The second-order valence-electron chi connectivity index (χ2n) is 3.12. The number of ether oxygens (including phenoxy) is 1. The van der Waals surface area contributed by atoms with Crippen LogP contribution in [0, 0.1) is 0 Å². The lowest BCUT2D eigenvalue weighted by molar-refractivity contribution is 0.0606. The van der Waals surface area contributed by atoms with Crippen LogP contribution >= 0.6 is 11.3 Å². The number of carbonyl (C=O) groups excluding carboxylic acids is 2. The van der Waals surface area contributed by atoms with Crippen LogP contribution in [0.1, 0.15) is 20.0 Å². The molecule has 2 heterocycles. The first kappa shape index (κ1) is 11.4. The fourth-order valence-corrected chi connectivity index (χ4v) is 2.00. The van der Waals surface area contributed by atoms with Crippen molar-refractivity contribution < 1.29 is 14.3 Å². The molecule has 17 heavy (non-hydrogen) atoms. The van der Waals surface area contributed by atoms with Gasteiger partial charge < -0.3 is 4.74 Å². The molecule has 0 aliphatic rings. The minimum Gasteiger partial charge on any atom is -0.465 e. The predicted octanol–water partition coefficient (Wildman–Crippen LogP) is 1.80. The Bertz CT molecular complexity index is 548. The highest BCUT2D eigenvalue weighted by atomic mass is 32.1. The number of pyridine rings is 1. The Hall–Kier alpha value is -2.08. The quantitative estimate of drug-likeness (QED) is 0.612. The van der Waals surface area contributed by atoms with Crippen molar-refractivity contribution >= 4 is 23.6 Å². The molecule has 0 bridgehead atoms. The van der Waals surface area contributed by atoms with E-state index in [1.165, 1.54) is 30.8 Å². The summed E-state index contributed by atoms with van der Waals surface area (Å²) < 4.78 is 4.59. The highest BCUT2D eigenvalue weighted by molar-refractivity contribution is 7.16. The van der Waals surface area contributed by atoms with Gasteiger partial charge >= 0.3 is 5.97 Å². The summed E-state index contributed by atoms with van der Waals surface area (Å²) in [7, 11) is 1.32. The van der Waals surface area contributed by atoms with Gasteiger partial charge in [-0.05, 0) is 12.1 Å².